The maximum Gasteiger partial charge on any atom is 0.246 e. The molecular weight excluding hydrogens is 136 g/mol. The molecule has 11 heavy (non-hydrogen) atoms. The zero-order chi connectivity index (χ0) is 8.27. The second kappa shape index (κ2) is 3.74. The average molecular weight is 155 g/mol. The Balaban J connectivity index is 2.56. The maximum atomic E-state index is 2.50. The third-order valence-electron chi connectivity index (χ3n) is 2.32. The van der Waals surface area contributed by atoms with Crippen molar-refractivity contribution in [2.75, 3.05) is 26.7 Å². The fraction of sp³-hybridized carbons (Fsp3) is 0.889. The number of amidine groups is 1. The molecule has 1 rings (SSSR count). The standard InChI is InChI=1S/C9H19N2/c1-4-6-11-8-7-10(3)9(11)5-2/h4-8H2,1-3H3/q+1. The van der Waals surface area contributed by atoms with Crippen molar-refractivity contribution in [3.8, 4) is 0 Å². The van der Waals surface area contributed by atoms with Crippen LogP contribution in [0.25, 0.3) is 0 Å². The van der Waals surface area contributed by atoms with Crippen molar-refractivity contribution in [3.05, 3.63) is 0 Å². The summed E-state index contributed by atoms with van der Waals surface area (Å²) in [4.78, 5) is 2.50. The van der Waals surface area contributed by atoms with Crippen LogP contribution in [-0.4, -0.2) is 42.0 Å². The molecule has 0 aromatic heterocycles. The Hall–Kier alpha value is -0.530. The van der Waals surface area contributed by atoms with Crippen LogP contribution in [-0.2, 0) is 0 Å². The van der Waals surface area contributed by atoms with Crippen LogP contribution in [0, 0.1) is 0 Å². The molecule has 0 spiro atoms. The molecule has 0 atom stereocenters. The Morgan fingerprint density at radius 2 is 2.18 bits per heavy atom. The Kier molecular flexibility index (Phi) is 2.92. The molecule has 0 bridgehead atoms. The number of rotatable bonds is 3. The monoisotopic (exact) mass is 155 g/mol. The Bertz CT molecular complexity index is 161. The van der Waals surface area contributed by atoms with E-state index in [9.17, 15) is 0 Å². The highest BCUT2D eigenvalue weighted by atomic mass is 15.3. The summed E-state index contributed by atoms with van der Waals surface area (Å²) in [6.07, 6.45) is 2.44. The van der Waals surface area contributed by atoms with Crippen molar-refractivity contribution in [1.29, 1.82) is 0 Å². The number of hydrogen-bond acceptors (Lipinski definition) is 1. The van der Waals surface area contributed by atoms with E-state index in [1.165, 1.54) is 38.3 Å². The van der Waals surface area contributed by atoms with Gasteiger partial charge >= 0.3 is 0 Å². The molecular formula is C9H19N2+. The van der Waals surface area contributed by atoms with Crippen LogP contribution in [0.2, 0.25) is 0 Å². The van der Waals surface area contributed by atoms with Gasteiger partial charge in [-0.1, -0.05) is 13.8 Å². The Labute approximate surface area is 69.5 Å². The molecule has 0 saturated carbocycles. The molecule has 1 aliphatic rings. The van der Waals surface area contributed by atoms with Crippen molar-refractivity contribution >= 4 is 5.84 Å². The van der Waals surface area contributed by atoms with Gasteiger partial charge in [-0.05, 0) is 6.42 Å². The van der Waals surface area contributed by atoms with Crippen LogP contribution in [0.15, 0.2) is 0 Å². The predicted octanol–water partition coefficient (Wildman–Crippen LogP) is 1.16. The van der Waals surface area contributed by atoms with Crippen molar-refractivity contribution in [1.82, 2.24) is 4.90 Å². The van der Waals surface area contributed by atoms with Gasteiger partial charge in [0, 0.05) is 6.42 Å². The van der Waals surface area contributed by atoms with E-state index in [4.69, 9.17) is 0 Å². The van der Waals surface area contributed by atoms with E-state index >= 15 is 0 Å². The molecule has 2 heteroatoms. The van der Waals surface area contributed by atoms with Crippen molar-refractivity contribution in [3.63, 3.8) is 0 Å². The molecule has 0 amide bonds. The highest BCUT2D eigenvalue weighted by Gasteiger charge is 2.24. The smallest absolute Gasteiger partial charge is 0.246 e. The van der Waals surface area contributed by atoms with Gasteiger partial charge in [-0.15, -0.1) is 0 Å². The van der Waals surface area contributed by atoms with Crippen LogP contribution in [0.5, 0.6) is 0 Å². The predicted molar refractivity (Wildman–Crippen MR) is 48.2 cm³/mol. The van der Waals surface area contributed by atoms with Gasteiger partial charge < -0.3 is 0 Å². The van der Waals surface area contributed by atoms with Crippen LogP contribution in [0.1, 0.15) is 26.7 Å². The van der Waals surface area contributed by atoms with Gasteiger partial charge in [0.2, 0.25) is 5.84 Å². The SMILES string of the molecule is CCCN1CC[N+](C)=C1CC. The van der Waals surface area contributed by atoms with Gasteiger partial charge in [0.05, 0.1) is 13.6 Å². The van der Waals surface area contributed by atoms with E-state index in [1.54, 1.807) is 0 Å². The lowest BCUT2D eigenvalue weighted by atomic mass is 10.3. The van der Waals surface area contributed by atoms with E-state index in [-0.39, 0.29) is 0 Å². The molecule has 0 saturated heterocycles. The summed E-state index contributed by atoms with van der Waals surface area (Å²) >= 11 is 0. The summed E-state index contributed by atoms with van der Waals surface area (Å²) in [6.45, 7) is 8.15. The summed E-state index contributed by atoms with van der Waals surface area (Å²) in [5.74, 6) is 1.52. The van der Waals surface area contributed by atoms with Crippen molar-refractivity contribution < 1.29 is 4.58 Å². The van der Waals surface area contributed by atoms with Crippen LogP contribution in [0.3, 0.4) is 0 Å². The molecule has 0 unspecified atom stereocenters. The van der Waals surface area contributed by atoms with Crippen LogP contribution in [0.4, 0.5) is 0 Å². The van der Waals surface area contributed by atoms with Gasteiger partial charge in [0.15, 0.2) is 0 Å². The molecule has 64 valence electrons. The topological polar surface area (TPSA) is 6.25 Å². The normalized spacial score (nSPS) is 18.3. The van der Waals surface area contributed by atoms with Gasteiger partial charge in [-0.3, -0.25) is 9.48 Å². The lowest BCUT2D eigenvalue weighted by Crippen LogP contribution is -2.29. The van der Waals surface area contributed by atoms with E-state index in [2.05, 4.69) is 30.4 Å². The quantitative estimate of drug-likeness (QED) is 0.554. The highest BCUT2D eigenvalue weighted by Crippen LogP contribution is 2.03. The third kappa shape index (κ3) is 1.73. The van der Waals surface area contributed by atoms with Crippen LogP contribution >= 0.6 is 0 Å². The van der Waals surface area contributed by atoms with E-state index in [0.29, 0.717) is 0 Å². The first-order valence-electron chi connectivity index (χ1n) is 4.61. The van der Waals surface area contributed by atoms with E-state index < -0.39 is 0 Å². The number of hydrogen-bond donors (Lipinski definition) is 0. The minimum Gasteiger partial charge on any atom is -0.264 e. The summed E-state index contributed by atoms with van der Waals surface area (Å²) in [5.41, 5.74) is 0. The van der Waals surface area contributed by atoms with E-state index in [1.807, 2.05) is 0 Å². The maximum absolute atomic E-state index is 2.50. The van der Waals surface area contributed by atoms with Gasteiger partial charge in [0.25, 0.3) is 0 Å². The Morgan fingerprint density at radius 1 is 1.45 bits per heavy atom. The third-order valence-corrected chi connectivity index (χ3v) is 2.32. The summed E-state index contributed by atoms with van der Waals surface area (Å²) in [5, 5.41) is 0. The fourth-order valence-electron chi connectivity index (χ4n) is 1.77. The van der Waals surface area contributed by atoms with Crippen molar-refractivity contribution in [2.24, 2.45) is 0 Å². The molecule has 0 aromatic rings. The summed E-state index contributed by atoms with van der Waals surface area (Å²) in [7, 11) is 2.19. The summed E-state index contributed by atoms with van der Waals surface area (Å²) < 4.78 is 2.37. The van der Waals surface area contributed by atoms with Crippen molar-refractivity contribution in [2.45, 2.75) is 26.7 Å². The largest absolute Gasteiger partial charge is 0.264 e. The fourth-order valence-corrected chi connectivity index (χ4v) is 1.77. The first-order chi connectivity index (χ1) is 5.29. The first-order valence-corrected chi connectivity index (χ1v) is 4.61. The van der Waals surface area contributed by atoms with Gasteiger partial charge in [0.1, 0.15) is 13.1 Å². The van der Waals surface area contributed by atoms with Crippen LogP contribution < -0.4 is 0 Å². The molecule has 1 aliphatic heterocycles. The minimum atomic E-state index is 1.18. The first kappa shape index (κ1) is 8.57. The lowest BCUT2D eigenvalue weighted by Gasteiger charge is -2.09. The second-order valence-corrected chi connectivity index (χ2v) is 3.18. The van der Waals surface area contributed by atoms with Gasteiger partial charge in [-0.25, -0.2) is 0 Å². The lowest BCUT2D eigenvalue weighted by molar-refractivity contribution is -0.487. The molecule has 1 heterocycles. The highest BCUT2D eigenvalue weighted by molar-refractivity contribution is 5.78. The molecule has 0 N–H and O–H groups in total. The molecule has 0 radical (unpaired) electrons. The zero-order valence-electron chi connectivity index (χ0n) is 7.93. The average Bonchev–Trinajstić information content (AvgIpc) is 2.33. The van der Waals surface area contributed by atoms with E-state index in [0.717, 1.165) is 0 Å². The molecule has 0 aromatic carbocycles. The molecule has 0 fully saturated rings. The molecule has 0 aliphatic carbocycles. The second-order valence-electron chi connectivity index (χ2n) is 3.18. The zero-order valence-corrected chi connectivity index (χ0v) is 7.93. The van der Waals surface area contributed by atoms with Gasteiger partial charge in [-0.2, -0.15) is 0 Å². The number of likely N-dealkylation sites (N-methyl/N-ethyl adjacent to an activating group) is 1. The summed E-state index contributed by atoms with van der Waals surface area (Å²) in [6, 6.07) is 0. The minimum absolute atomic E-state index is 1.18. The molecule has 2 nitrogen and oxygen atoms in total. The Morgan fingerprint density at radius 3 is 2.73 bits per heavy atom. The number of nitrogens with zero attached hydrogens (tertiary/aromatic N) is 2.